The van der Waals surface area contributed by atoms with Crippen LogP contribution >= 0.6 is 0 Å². The lowest BCUT2D eigenvalue weighted by molar-refractivity contribution is -0.125. The number of aromatic nitrogens is 3. The number of anilines is 2. The Morgan fingerprint density at radius 2 is 2.20 bits per heavy atom. The van der Waals surface area contributed by atoms with Crippen LogP contribution in [0.5, 0.6) is 0 Å². The summed E-state index contributed by atoms with van der Waals surface area (Å²) in [6.07, 6.45) is 5.74. The van der Waals surface area contributed by atoms with Crippen LogP contribution in [-0.4, -0.2) is 52.6 Å². The van der Waals surface area contributed by atoms with Crippen LogP contribution in [0.15, 0.2) is 24.5 Å². The summed E-state index contributed by atoms with van der Waals surface area (Å²) in [6.45, 7) is 0.799. The molecule has 3 heterocycles. The van der Waals surface area contributed by atoms with Gasteiger partial charge in [0.05, 0.1) is 19.3 Å². The molecule has 2 aromatic rings. The van der Waals surface area contributed by atoms with Crippen molar-refractivity contribution in [1.82, 2.24) is 15.0 Å². The van der Waals surface area contributed by atoms with Crippen molar-refractivity contribution >= 4 is 23.6 Å². The molecule has 1 saturated carbocycles. The summed E-state index contributed by atoms with van der Waals surface area (Å²) in [7, 11) is 0. The van der Waals surface area contributed by atoms with Crippen molar-refractivity contribution in [3.63, 3.8) is 0 Å². The van der Waals surface area contributed by atoms with Crippen LogP contribution in [0.25, 0.3) is 11.3 Å². The smallest absolute Gasteiger partial charge is 0.254 e. The van der Waals surface area contributed by atoms with E-state index in [1.807, 2.05) is 0 Å². The first-order chi connectivity index (χ1) is 14.5. The molecule has 1 aliphatic heterocycles. The highest BCUT2D eigenvalue weighted by atomic mass is 19.1. The number of hydrogen-bond donors (Lipinski definition) is 2. The second-order valence-corrected chi connectivity index (χ2v) is 7.50. The summed E-state index contributed by atoms with van der Waals surface area (Å²) in [5.74, 6) is -0.552. The standard InChI is InChI=1S/C20H23FN6O3/c21-15-10-24-20(25-14-3-1-2-13(8-14)19(22)29)26-18(15)12-4-5-23-16(9-12)27-6-7-30-11-17(27)28/h4-5,9-10,13-14H,1-3,6-8,11H2,(H2,22,29)(H,24,25,26). The van der Waals surface area contributed by atoms with Gasteiger partial charge in [-0.1, -0.05) is 6.42 Å². The molecule has 2 aliphatic rings. The largest absolute Gasteiger partial charge is 0.370 e. The van der Waals surface area contributed by atoms with E-state index in [-0.39, 0.29) is 42.0 Å². The molecule has 1 saturated heterocycles. The first-order valence-corrected chi connectivity index (χ1v) is 9.94. The van der Waals surface area contributed by atoms with E-state index in [9.17, 15) is 14.0 Å². The Bertz CT molecular complexity index is 956. The minimum absolute atomic E-state index is 0.00444. The van der Waals surface area contributed by atoms with E-state index in [0.29, 0.717) is 31.0 Å². The molecular weight excluding hydrogens is 391 g/mol. The van der Waals surface area contributed by atoms with E-state index < -0.39 is 5.82 Å². The molecule has 0 aromatic carbocycles. The summed E-state index contributed by atoms with van der Waals surface area (Å²) in [5, 5.41) is 3.19. The summed E-state index contributed by atoms with van der Waals surface area (Å²) in [5.41, 5.74) is 6.04. The highest BCUT2D eigenvalue weighted by Gasteiger charge is 2.26. The normalized spacial score (nSPS) is 22.0. The molecule has 3 N–H and O–H groups in total. The van der Waals surface area contributed by atoms with Crippen LogP contribution in [0, 0.1) is 11.7 Å². The van der Waals surface area contributed by atoms with Gasteiger partial charge in [-0.25, -0.2) is 19.3 Å². The highest BCUT2D eigenvalue weighted by molar-refractivity contribution is 5.94. The number of nitrogens with one attached hydrogen (secondary N) is 1. The number of rotatable bonds is 5. The number of carbonyl (C=O) groups is 2. The van der Waals surface area contributed by atoms with Gasteiger partial charge in [0.25, 0.3) is 5.91 Å². The van der Waals surface area contributed by atoms with Crippen LogP contribution in [0.2, 0.25) is 0 Å². The van der Waals surface area contributed by atoms with Gasteiger partial charge in [-0.05, 0) is 31.4 Å². The van der Waals surface area contributed by atoms with E-state index >= 15 is 0 Å². The maximum absolute atomic E-state index is 14.5. The number of nitrogens with two attached hydrogens (primary N) is 1. The summed E-state index contributed by atoms with van der Waals surface area (Å²) >= 11 is 0. The molecule has 0 radical (unpaired) electrons. The molecule has 0 bridgehead atoms. The van der Waals surface area contributed by atoms with E-state index in [1.165, 1.54) is 11.1 Å². The van der Waals surface area contributed by atoms with Gasteiger partial charge in [-0.15, -0.1) is 0 Å². The Balaban J connectivity index is 1.56. The molecule has 2 amide bonds. The van der Waals surface area contributed by atoms with E-state index in [4.69, 9.17) is 10.5 Å². The van der Waals surface area contributed by atoms with Gasteiger partial charge in [0.2, 0.25) is 11.9 Å². The first kappa shape index (κ1) is 20.1. The minimum Gasteiger partial charge on any atom is -0.370 e. The lowest BCUT2D eigenvalue weighted by atomic mass is 9.85. The Kier molecular flexibility index (Phi) is 5.84. The summed E-state index contributed by atoms with van der Waals surface area (Å²) in [6, 6.07) is 3.25. The third-order valence-corrected chi connectivity index (χ3v) is 5.44. The lowest BCUT2D eigenvalue weighted by Crippen LogP contribution is -2.42. The zero-order valence-electron chi connectivity index (χ0n) is 16.4. The molecule has 158 valence electrons. The van der Waals surface area contributed by atoms with Crippen molar-refractivity contribution in [3.05, 3.63) is 30.3 Å². The predicted molar refractivity (Wildman–Crippen MR) is 107 cm³/mol. The van der Waals surface area contributed by atoms with Crippen molar-refractivity contribution < 1.29 is 18.7 Å². The molecule has 10 heteroatoms. The zero-order chi connectivity index (χ0) is 21.1. The fourth-order valence-corrected chi connectivity index (χ4v) is 3.87. The van der Waals surface area contributed by atoms with Crippen molar-refractivity contribution in [2.75, 3.05) is 30.0 Å². The topological polar surface area (TPSA) is 123 Å². The van der Waals surface area contributed by atoms with Crippen LogP contribution in [0.1, 0.15) is 25.7 Å². The molecule has 0 spiro atoms. The van der Waals surface area contributed by atoms with Crippen molar-refractivity contribution in [1.29, 1.82) is 0 Å². The van der Waals surface area contributed by atoms with E-state index in [1.54, 1.807) is 12.1 Å². The first-order valence-electron chi connectivity index (χ1n) is 9.94. The molecule has 2 fully saturated rings. The van der Waals surface area contributed by atoms with E-state index in [0.717, 1.165) is 25.5 Å². The quantitative estimate of drug-likeness (QED) is 0.760. The molecule has 4 rings (SSSR count). The van der Waals surface area contributed by atoms with Gasteiger partial charge in [0, 0.05) is 23.7 Å². The Hall–Kier alpha value is -3.14. The fraction of sp³-hybridized carbons (Fsp3) is 0.450. The van der Waals surface area contributed by atoms with Crippen molar-refractivity contribution in [2.45, 2.75) is 31.7 Å². The maximum Gasteiger partial charge on any atom is 0.254 e. The van der Waals surface area contributed by atoms with Gasteiger partial charge in [0.15, 0.2) is 5.82 Å². The highest BCUT2D eigenvalue weighted by Crippen LogP contribution is 2.28. The van der Waals surface area contributed by atoms with Crippen molar-refractivity contribution in [3.8, 4) is 11.3 Å². The van der Waals surface area contributed by atoms with Gasteiger partial charge in [-0.3, -0.25) is 14.5 Å². The maximum atomic E-state index is 14.5. The van der Waals surface area contributed by atoms with Crippen molar-refractivity contribution in [2.24, 2.45) is 11.7 Å². The number of carbonyl (C=O) groups excluding carboxylic acids is 2. The van der Waals surface area contributed by atoms with E-state index in [2.05, 4.69) is 20.3 Å². The number of morpholine rings is 1. The molecule has 1 aliphatic carbocycles. The number of halogens is 1. The molecule has 2 atom stereocenters. The van der Waals surface area contributed by atoms with Gasteiger partial charge in [0.1, 0.15) is 18.1 Å². The number of nitrogens with zero attached hydrogens (tertiary/aromatic N) is 4. The monoisotopic (exact) mass is 414 g/mol. The van der Waals surface area contributed by atoms with Crippen LogP contribution in [0.4, 0.5) is 16.2 Å². The number of ether oxygens (including phenoxy) is 1. The Morgan fingerprint density at radius 3 is 3.00 bits per heavy atom. The average Bonchev–Trinajstić information content (AvgIpc) is 2.76. The number of primary amides is 1. The van der Waals surface area contributed by atoms with Gasteiger partial charge in [-0.2, -0.15) is 0 Å². The predicted octanol–water partition coefficient (Wildman–Crippen LogP) is 1.50. The van der Waals surface area contributed by atoms with Crippen LogP contribution in [-0.2, 0) is 14.3 Å². The van der Waals surface area contributed by atoms with Crippen LogP contribution < -0.4 is 16.0 Å². The average molecular weight is 414 g/mol. The lowest BCUT2D eigenvalue weighted by Gasteiger charge is -2.28. The number of hydrogen-bond acceptors (Lipinski definition) is 7. The second-order valence-electron chi connectivity index (χ2n) is 7.50. The fourth-order valence-electron chi connectivity index (χ4n) is 3.87. The molecule has 2 aromatic heterocycles. The molecule has 9 nitrogen and oxygen atoms in total. The van der Waals surface area contributed by atoms with Gasteiger partial charge >= 0.3 is 0 Å². The Labute approximate surface area is 172 Å². The second kappa shape index (κ2) is 8.70. The molecule has 30 heavy (non-hydrogen) atoms. The molecule has 2 unspecified atom stereocenters. The third-order valence-electron chi connectivity index (χ3n) is 5.44. The zero-order valence-corrected chi connectivity index (χ0v) is 16.4. The minimum atomic E-state index is -0.579. The van der Waals surface area contributed by atoms with Crippen LogP contribution in [0.3, 0.4) is 0 Å². The Morgan fingerprint density at radius 1 is 1.33 bits per heavy atom. The number of amides is 2. The van der Waals surface area contributed by atoms with Gasteiger partial charge < -0.3 is 15.8 Å². The number of pyridine rings is 1. The summed E-state index contributed by atoms with van der Waals surface area (Å²) in [4.78, 5) is 37.7. The SMILES string of the molecule is NC(=O)C1CCCC(Nc2ncc(F)c(-c3ccnc(N4CCOCC4=O)c3)n2)C1. The molecular formula is C20H23FN6O3. The summed E-state index contributed by atoms with van der Waals surface area (Å²) < 4.78 is 19.7. The third kappa shape index (κ3) is 4.38.